The summed E-state index contributed by atoms with van der Waals surface area (Å²) in [4.78, 5) is 23.8. The van der Waals surface area contributed by atoms with Gasteiger partial charge in [0.15, 0.2) is 0 Å². The van der Waals surface area contributed by atoms with Gasteiger partial charge in [-0.1, -0.05) is 12.1 Å². The van der Waals surface area contributed by atoms with E-state index in [2.05, 4.69) is 26.8 Å². The number of nitrogens with one attached hydrogen (secondary N) is 2. The maximum absolute atomic E-state index is 12.0. The van der Waals surface area contributed by atoms with Crippen molar-refractivity contribution in [1.29, 1.82) is 0 Å². The first-order chi connectivity index (χ1) is 12.0. The second-order valence-electron chi connectivity index (χ2n) is 4.90. The average Bonchev–Trinajstić information content (AvgIpc) is 2.64. The minimum Gasteiger partial charge on any atom is -0.497 e. The number of carbonyl (C=O) groups is 2. The molecular weight excluding hydrogens is 388 g/mol. The van der Waals surface area contributed by atoms with Gasteiger partial charge in [0, 0.05) is 11.6 Å². The van der Waals surface area contributed by atoms with E-state index in [0.717, 1.165) is 11.3 Å². The van der Waals surface area contributed by atoms with Crippen LogP contribution in [0.5, 0.6) is 11.5 Å². The lowest BCUT2D eigenvalue weighted by atomic mass is 10.2. The SMILES string of the molecule is COc1ccc(C=CC(=O)NNC(=O)c2ccc(OC)c(Br)c2)cc1. The summed E-state index contributed by atoms with van der Waals surface area (Å²) in [6.45, 7) is 0. The van der Waals surface area contributed by atoms with Gasteiger partial charge in [0.25, 0.3) is 11.8 Å². The Bertz CT molecular complexity index is 788. The van der Waals surface area contributed by atoms with Crippen LogP contribution >= 0.6 is 15.9 Å². The van der Waals surface area contributed by atoms with Crippen LogP contribution in [0.15, 0.2) is 53.0 Å². The van der Waals surface area contributed by atoms with Gasteiger partial charge in [-0.3, -0.25) is 20.4 Å². The molecule has 6 nitrogen and oxygen atoms in total. The molecule has 0 heterocycles. The van der Waals surface area contributed by atoms with Crippen LogP contribution in [-0.4, -0.2) is 26.0 Å². The van der Waals surface area contributed by atoms with Gasteiger partial charge in [0.1, 0.15) is 11.5 Å². The quantitative estimate of drug-likeness (QED) is 0.593. The monoisotopic (exact) mass is 404 g/mol. The van der Waals surface area contributed by atoms with E-state index in [9.17, 15) is 9.59 Å². The molecule has 0 radical (unpaired) electrons. The van der Waals surface area contributed by atoms with Gasteiger partial charge in [-0.2, -0.15) is 0 Å². The summed E-state index contributed by atoms with van der Waals surface area (Å²) < 4.78 is 10.8. The topological polar surface area (TPSA) is 76.7 Å². The van der Waals surface area contributed by atoms with Crippen molar-refractivity contribution >= 4 is 33.8 Å². The highest BCUT2D eigenvalue weighted by molar-refractivity contribution is 9.10. The van der Waals surface area contributed by atoms with E-state index in [-0.39, 0.29) is 0 Å². The number of methoxy groups -OCH3 is 2. The number of ether oxygens (including phenoxy) is 2. The molecule has 2 rings (SSSR count). The summed E-state index contributed by atoms with van der Waals surface area (Å²) in [5.41, 5.74) is 5.89. The van der Waals surface area contributed by atoms with E-state index in [0.29, 0.717) is 15.8 Å². The fraction of sp³-hybridized carbons (Fsp3) is 0.111. The minimum atomic E-state index is -0.447. The molecule has 2 N–H and O–H groups in total. The van der Waals surface area contributed by atoms with Gasteiger partial charge < -0.3 is 9.47 Å². The maximum Gasteiger partial charge on any atom is 0.269 e. The molecule has 0 unspecified atom stereocenters. The Hall–Kier alpha value is -2.80. The van der Waals surface area contributed by atoms with Gasteiger partial charge in [-0.15, -0.1) is 0 Å². The summed E-state index contributed by atoms with van der Waals surface area (Å²) in [6, 6.07) is 12.1. The zero-order chi connectivity index (χ0) is 18.2. The van der Waals surface area contributed by atoms with Crippen molar-refractivity contribution in [2.75, 3.05) is 14.2 Å². The van der Waals surface area contributed by atoms with Crippen LogP contribution in [0.2, 0.25) is 0 Å². The molecule has 7 heteroatoms. The highest BCUT2D eigenvalue weighted by Gasteiger charge is 2.09. The Morgan fingerprint density at radius 3 is 2.32 bits per heavy atom. The smallest absolute Gasteiger partial charge is 0.269 e. The number of carbonyl (C=O) groups excluding carboxylic acids is 2. The summed E-state index contributed by atoms with van der Waals surface area (Å²) >= 11 is 3.30. The molecule has 0 aromatic heterocycles. The first-order valence-electron chi connectivity index (χ1n) is 7.29. The molecule has 0 aliphatic rings. The van der Waals surface area contributed by atoms with Gasteiger partial charge in [0.2, 0.25) is 0 Å². The number of amides is 2. The maximum atomic E-state index is 12.0. The summed E-state index contributed by atoms with van der Waals surface area (Å²) in [5, 5.41) is 0. The second-order valence-corrected chi connectivity index (χ2v) is 5.75. The molecule has 2 amide bonds. The first kappa shape index (κ1) is 18.5. The van der Waals surface area contributed by atoms with Gasteiger partial charge in [-0.25, -0.2) is 0 Å². The van der Waals surface area contributed by atoms with Crippen molar-refractivity contribution in [1.82, 2.24) is 10.9 Å². The van der Waals surface area contributed by atoms with Crippen molar-refractivity contribution in [2.24, 2.45) is 0 Å². The van der Waals surface area contributed by atoms with Crippen LogP contribution in [0.25, 0.3) is 6.08 Å². The number of hydrogen-bond acceptors (Lipinski definition) is 4. The van der Waals surface area contributed by atoms with Crippen LogP contribution in [0, 0.1) is 0 Å². The van der Waals surface area contributed by atoms with Crippen molar-refractivity contribution in [3.05, 3.63) is 64.1 Å². The van der Waals surface area contributed by atoms with E-state index >= 15 is 0 Å². The molecular formula is C18H17BrN2O4. The number of rotatable bonds is 5. The molecule has 0 saturated carbocycles. The van der Waals surface area contributed by atoms with Crippen LogP contribution in [0.1, 0.15) is 15.9 Å². The molecule has 0 aliphatic heterocycles. The van der Waals surface area contributed by atoms with Crippen molar-refractivity contribution in [2.45, 2.75) is 0 Å². The molecule has 0 saturated heterocycles. The number of benzene rings is 2. The molecule has 0 bridgehead atoms. The minimum absolute atomic E-state index is 0.382. The zero-order valence-corrected chi connectivity index (χ0v) is 15.3. The fourth-order valence-electron chi connectivity index (χ4n) is 1.93. The van der Waals surface area contributed by atoms with Gasteiger partial charge in [-0.05, 0) is 57.9 Å². The van der Waals surface area contributed by atoms with Crippen LogP contribution < -0.4 is 20.3 Å². The van der Waals surface area contributed by atoms with E-state index in [1.54, 1.807) is 43.5 Å². The van der Waals surface area contributed by atoms with E-state index in [4.69, 9.17) is 9.47 Å². The Morgan fingerprint density at radius 1 is 1.00 bits per heavy atom. The van der Waals surface area contributed by atoms with Crippen LogP contribution in [0.4, 0.5) is 0 Å². The third-order valence-electron chi connectivity index (χ3n) is 3.26. The Kier molecular flexibility index (Phi) is 6.59. The Balaban J connectivity index is 1.89. The lowest BCUT2D eigenvalue weighted by molar-refractivity contribution is -0.117. The lowest BCUT2D eigenvalue weighted by Crippen LogP contribution is -2.40. The normalized spacial score (nSPS) is 10.4. The highest BCUT2D eigenvalue weighted by Crippen LogP contribution is 2.25. The fourth-order valence-corrected chi connectivity index (χ4v) is 2.47. The molecule has 0 atom stereocenters. The van der Waals surface area contributed by atoms with E-state index in [1.807, 2.05) is 12.1 Å². The third kappa shape index (κ3) is 5.36. The van der Waals surface area contributed by atoms with E-state index in [1.165, 1.54) is 13.2 Å². The molecule has 2 aromatic carbocycles. The molecule has 0 fully saturated rings. The molecule has 2 aromatic rings. The van der Waals surface area contributed by atoms with E-state index < -0.39 is 11.8 Å². The number of halogens is 1. The highest BCUT2D eigenvalue weighted by atomic mass is 79.9. The molecule has 25 heavy (non-hydrogen) atoms. The summed E-state index contributed by atoms with van der Waals surface area (Å²) in [5.74, 6) is 0.467. The average molecular weight is 405 g/mol. The number of hydrazine groups is 1. The Labute approximate surface area is 153 Å². The molecule has 0 spiro atoms. The molecule has 0 aliphatic carbocycles. The zero-order valence-electron chi connectivity index (χ0n) is 13.7. The summed E-state index contributed by atoms with van der Waals surface area (Å²) in [6.07, 6.45) is 2.96. The van der Waals surface area contributed by atoms with Gasteiger partial charge >= 0.3 is 0 Å². The second kappa shape index (κ2) is 8.89. The standard InChI is InChI=1S/C18H17BrN2O4/c1-24-14-7-3-12(4-8-14)5-10-17(22)20-21-18(23)13-6-9-16(25-2)15(19)11-13/h3-11H,1-2H3,(H,20,22)(H,21,23). The van der Waals surface area contributed by atoms with Gasteiger partial charge in [0.05, 0.1) is 18.7 Å². The summed E-state index contributed by atoms with van der Waals surface area (Å²) in [7, 11) is 3.12. The Morgan fingerprint density at radius 2 is 1.72 bits per heavy atom. The van der Waals surface area contributed by atoms with Crippen LogP contribution in [0.3, 0.4) is 0 Å². The molecule has 130 valence electrons. The number of hydrogen-bond donors (Lipinski definition) is 2. The largest absolute Gasteiger partial charge is 0.497 e. The predicted molar refractivity (Wildman–Crippen MR) is 98.3 cm³/mol. The van der Waals surface area contributed by atoms with Crippen LogP contribution in [-0.2, 0) is 4.79 Å². The first-order valence-corrected chi connectivity index (χ1v) is 8.09. The van der Waals surface area contributed by atoms with Crippen molar-refractivity contribution in [3.63, 3.8) is 0 Å². The predicted octanol–water partition coefficient (Wildman–Crippen LogP) is 2.94. The third-order valence-corrected chi connectivity index (χ3v) is 3.88. The van der Waals surface area contributed by atoms with Crippen molar-refractivity contribution < 1.29 is 19.1 Å². The van der Waals surface area contributed by atoms with Crippen molar-refractivity contribution in [3.8, 4) is 11.5 Å². The lowest BCUT2D eigenvalue weighted by Gasteiger charge is -2.07.